The minimum Gasteiger partial charge on any atom is -0.356 e. The Hall–Kier alpha value is -0.0400. The van der Waals surface area contributed by atoms with Crippen LogP contribution in [0.2, 0.25) is 0 Å². The van der Waals surface area contributed by atoms with Crippen LogP contribution in [0.5, 0.6) is 0 Å². The first kappa shape index (κ1) is 19.0. The fraction of sp³-hybridized carbons (Fsp3) is 0.929. The monoisotopic (exact) mass is 382 g/mol. The number of aliphatic imine (C=N–C) groups is 1. The van der Waals surface area contributed by atoms with E-state index in [2.05, 4.69) is 41.3 Å². The van der Waals surface area contributed by atoms with Crippen LogP contribution >= 0.6 is 24.0 Å². The van der Waals surface area contributed by atoms with Crippen molar-refractivity contribution in [2.75, 3.05) is 39.8 Å². The van der Waals surface area contributed by atoms with E-state index in [4.69, 9.17) is 0 Å². The number of guanidine groups is 1. The quantitative estimate of drug-likeness (QED) is 0.435. The molecule has 2 unspecified atom stereocenters. The highest BCUT2D eigenvalue weighted by Gasteiger charge is 2.20. The van der Waals surface area contributed by atoms with E-state index in [-0.39, 0.29) is 24.0 Å². The van der Waals surface area contributed by atoms with Gasteiger partial charge in [0.1, 0.15) is 0 Å². The molecule has 1 aliphatic heterocycles. The molecule has 1 saturated heterocycles. The van der Waals surface area contributed by atoms with Gasteiger partial charge in [-0.1, -0.05) is 20.8 Å². The smallest absolute Gasteiger partial charge is 0.191 e. The molecule has 2 N–H and O–H groups in total. The number of hydrogen-bond acceptors (Lipinski definition) is 2. The normalized spacial score (nSPS) is 24.7. The van der Waals surface area contributed by atoms with Crippen molar-refractivity contribution in [3.8, 4) is 0 Å². The fourth-order valence-electron chi connectivity index (χ4n) is 2.77. The van der Waals surface area contributed by atoms with Crippen LogP contribution in [0, 0.1) is 11.8 Å². The molecule has 1 aliphatic rings. The maximum atomic E-state index is 4.21. The molecule has 1 fully saturated rings. The van der Waals surface area contributed by atoms with Crippen molar-refractivity contribution >= 4 is 29.9 Å². The number of nitrogens with zero attached hydrogens (tertiary/aromatic N) is 2. The summed E-state index contributed by atoms with van der Waals surface area (Å²) in [4.78, 5) is 6.78. The van der Waals surface area contributed by atoms with Gasteiger partial charge in [0.05, 0.1) is 0 Å². The Morgan fingerprint density at radius 1 is 1.16 bits per heavy atom. The molecular formula is C14H31IN4. The van der Waals surface area contributed by atoms with Crippen molar-refractivity contribution in [1.82, 2.24) is 15.5 Å². The SMILES string of the molecule is CCCNC(=NC)NCCN1CC(C)CC(C)C1.I. The zero-order valence-corrected chi connectivity index (χ0v) is 15.2. The highest BCUT2D eigenvalue weighted by molar-refractivity contribution is 14.0. The molecule has 0 aromatic heterocycles. The lowest BCUT2D eigenvalue weighted by Gasteiger charge is -2.35. The summed E-state index contributed by atoms with van der Waals surface area (Å²) in [5, 5.41) is 6.67. The molecule has 4 nitrogen and oxygen atoms in total. The van der Waals surface area contributed by atoms with Gasteiger partial charge in [-0.25, -0.2) is 0 Å². The van der Waals surface area contributed by atoms with Crippen molar-refractivity contribution in [1.29, 1.82) is 0 Å². The van der Waals surface area contributed by atoms with Crippen molar-refractivity contribution in [2.24, 2.45) is 16.8 Å². The number of halogens is 1. The molecule has 19 heavy (non-hydrogen) atoms. The van der Waals surface area contributed by atoms with E-state index in [0.717, 1.165) is 43.9 Å². The van der Waals surface area contributed by atoms with Gasteiger partial charge in [0.25, 0.3) is 0 Å². The predicted octanol–water partition coefficient (Wildman–Crippen LogP) is 2.16. The van der Waals surface area contributed by atoms with Gasteiger partial charge < -0.3 is 15.5 Å². The Labute approximate surface area is 135 Å². The fourth-order valence-corrected chi connectivity index (χ4v) is 2.77. The topological polar surface area (TPSA) is 39.7 Å². The van der Waals surface area contributed by atoms with Crippen LogP contribution < -0.4 is 10.6 Å². The molecule has 0 spiro atoms. The molecule has 0 amide bonds. The van der Waals surface area contributed by atoms with Gasteiger partial charge in [0.15, 0.2) is 5.96 Å². The maximum Gasteiger partial charge on any atom is 0.191 e. The van der Waals surface area contributed by atoms with Gasteiger partial charge in [0, 0.05) is 39.8 Å². The van der Waals surface area contributed by atoms with E-state index in [1.165, 1.54) is 19.5 Å². The summed E-state index contributed by atoms with van der Waals surface area (Å²) in [5.41, 5.74) is 0. The second kappa shape index (κ2) is 10.7. The zero-order chi connectivity index (χ0) is 13.4. The summed E-state index contributed by atoms with van der Waals surface area (Å²) < 4.78 is 0. The summed E-state index contributed by atoms with van der Waals surface area (Å²) in [5.74, 6) is 2.60. The molecule has 0 radical (unpaired) electrons. The summed E-state index contributed by atoms with van der Waals surface area (Å²) in [7, 11) is 1.83. The number of likely N-dealkylation sites (tertiary alicyclic amines) is 1. The third kappa shape index (κ3) is 7.97. The first-order valence-electron chi connectivity index (χ1n) is 7.32. The lowest BCUT2D eigenvalue weighted by Crippen LogP contribution is -2.45. The molecule has 0 aliphatic carbocycles. The molecule has 114 valence electrons. The van der Waals surface area contributed by atoms with Gasteiger partial charge in [-0.2, -0.15) is 0 Å². The maximum absolute atomic E-state index is 4.21. The summed E-state index contributed by atoms with van der Waals surface area (Å²) in [6, 6.07) is 0. The number of nitrogens with one attached hydrogen (secondary N) is 2. The van der Waals surface area contributed by atoms with Crippen LogP contribution in [0.1, 0.15) is 33.6 Å². The van der Waals surface area contributed by atoms with Crippen LogP contribution in [-0.4, -0.2) is 50.6 Å². The minimum atomic E-state index is 0. The Kier molecular flexibility index (Phi) is 10.7. The second-order valence-corrected chi connectivity index (χ2v) is 5.63. The molecule has 0 aromatic carbocycles. The second-order valence-electron chi connectivity index (χ2n) is 5.63. The average Bonchev–Trinajstić information content (AvgIpc) is 2.32. The molecule has 1 rings (SSSR count). The highest BCUT2D eigenvalue weighted by atomic mass is 127. The van der Waals surface area contributed by atoms with E-state index in [9.17, 15) is 0 Å². The highest BCUT2D eigenvalue weighted by Crippen LogP contribution is 2.20. The number of hydrogen-bond donors (Lipinski definition) is 2. The van der Waals surface area contributed by atoms with Crippen LogP contribution in [0.25, 0.3) is 0 Å². The molecular weight excluding hydrogens is 351 g/mol. The minimum absolute atomic E-state index is 0. The Bertz CT molecular complexity index is 248. The predicted molar refractivity (Wildman–Crippen MR) is 94.5 cm³/mol. The van der Waals surface area contributed by atoms with E-state index in [1.54, 1.807) is 0 Å². The molecule has 2 atom stereocenters. The average molecular weight is 382 g/mol. The summed E-state index contributed by atoms with van der Waals surface area (Å²) in [6.07, 6.45) is 2.51. The molecule has 5 heteroatoms. The van der Waals surface area contributed by atoms with E-state index < -0.39 is 0 Å². The van der Waals surface area contributed by atoms with Crippen LogP contribution in [0.15, 0.2) is 4.99 Å². The van der Waals surface area contributed by atoms with Crippen molar-refractivity contribution in [2.45, 2.75) is 33.6 Å². The summed E-state index contributed by atoms with van der Waals surface area (Å²) >= 11 is 0. The Morgan fingerprint density at radius 2 is 1.74 bits per heavy atom. The lowest BCUT2D eigenvalue weighted by molar-refractivity contribution is 0.143. The molecule has 0 aromatic rings. The molecule has 0 saturated carbocycles. The van der Waals surface area contributed by atoms with Gasteiger partial charge in [-0.05, 0) is 24.7 Å². The van der Waals surface area contributed by atoms with Crippen LogP contribution in [0.4, 0.5) is 0 Å². The van der Waals surface area contributed by atoms with Crippen molar-refractivity contribution in [3.05, 3.63) is 0 Å². The van der Waals surface area contributed by atoms with Crippen molar-refractivity contribution in [3.63, 3.8) is 0 Å². The zero-order valence-electron chi connectivity index (χ0n) is 12.9. The van der Waals surface area contributed by atoms with E-state index in [1.807, 2.05) is 7.05 Å². The van der Waals surface area contributed by atoms with Gasteiger partial charge in [-0.3, -0.25) is 4.99 Å². The van der Waals surface area contributed by atoms with E-state index in [0.29, 0.717) is 0 Å². The largest absolute Gasteiger partial charge is 0.356 e. The van der Waals surface area contributed by atoms with Crippen LogP contribution in [-0.2, 0) is 0 Å². The number of piperidine rings is 1. The Balaban J connectivity index is 0.00000324. The van der Waals surface area contributed by atoms with Gasteiger partial charge in [0.2, 0.25) is 0 Å². The van der Waals surface area contributed by atoms with Crippen LogP contribution in [0.3, 0.4) is 0 Å². The first-order chi connectivity index (χ1) is 8.65. The standard InChI is InChI=1S/C14H30N4.HI/c1-5-6-16-14(15-4)17-7-8-18-10-12(2)9-13(3)11-18;/h12-13H,5-11H2,1-4H3,(H2,15,16,17);1H. The first-order valence-corrected chi connectivity index (χ1v) is 7.32. The van der Waals surface area contributed by atoms with Gasteiger partial charge >= 0.3 is 0 Å². The third-order valence-electron chi connectivity index (χ3n) is 3.43. The Morgan fingerprint density at radius 3 is 2.26 bits per heavy atom. The van der Waals surface area contributed by atoms with Gasteiger partial charge in [-0.15, -0.1) is 24.0 Å². The summed E-state index contributed by atoms with van der Waals surface area (Å²) in [6.45, 7) is 12.4. The lowest BCUT2D eigenvalue weighted by atomic mass is 9.92. The third-order valence-corrected chi connectivity index (χ3v) is 3.43. The molecule has 0 bridgehead atoms. The molecule has 1 heterocycles. The van der Waals surface area contributed by atoms with Crippen molar-refractivity contribution < 1.29 is 0 Å². The number of rotatable bonds is 5. The van der Waals surface area contributed by atoms with E-state index >= 15 is 0 Å².